The third kappa shape index (κ3) is 7.27. The Morgan fingerprint density at radius 2 is 1.92 bits per heavy atom. The van der Waals surface area contributed by atoms with E-state index in [1.165, 1.54) is 0 Å². The minimum absolute atomic E-state index is 0.00349. The number of amides is 1. The number of aliphatic hydroxyl groups excluding tert-OH is 2. The second kappa shape index (κ2) is 12.6. The third-order valence-electron chi connectivity index (χ3n) is 5.98. The maximum atomic E-state index is 11.2. The molecule has 0 aliphatic rings. The Morgan fingerprint density at radius 1 is 1.16 bits per heavy atom. The van der Waals surface area contributed by atoms with Crippen molar-refractivity contribution in [3.8, 4) is 28.6 Å². The predicted molar refractivity (Wildman–Crippen MR) is 142 cm³/mol. The standard InChI is InChI=1S/C27H37N5O5/c1-7-8-19-11-20(9-17(4)25(19)36-15-22(34)13-28-24(35)14-33)26-30-27(37-31-26)21-10-18(5)29-23(12-21)32(6)16(2)3/h9-12,16,22,33-34H,7-8,13-15H2,1-6H3,(H,28,35). The zero-order valence-electron chi connectivity index (χ0n) is 22.4. The van der Waals surface area contributed by atoms with Gasteiger partial charge in [-0.05, 0) is 69.5 Å². The van der Waals surface area contributed by atoms with Crippen molar-refractivity contribution in [1.29, 1.82) is 0 Å². The normalized spacial score (nSPS) is 12.0. The number of carbonyl (C=O) groups is 1. The number of ether oxygens (including phenoxy) is 1. The van der Waals surface area contributed by atoms with Crippen molar-refractivity contribution in [3.63, 3.8) is 0 Å². The number of hydrogen-bond acceptors (Lipinski definition) is 9. The number of hydrogen-bond donors (Lipinski definition) is 3. The van der Waals surface area contributed by atoms with E-state index in [0.29, 0.717) is 23.5 Å². The molecule has 0 saturated carbocycles. The minimum Gasteiger partial charge on any atom is -0.490 e. The average Bonchev–Trinajstić information content (AvgIpc) is 3.36. The van der Waals surface area contributed by atoms with Crippen LogP contribution in [0.1, 0.15) is 44.0 Å². The van der Waals surface area contributed by atoms with Gasteiger partial charge in [-0.2, -0.15) is 4.98 Å². The molecule has 0 aliphatic carbocycles. The molecule has 1 atom stereocenters. The SMILES string of the molecule is CCCc1cc(-c2noc(-c3cc(C)nc(N(C)C(C)C)c3)n2)cc(C)c1OCC(O)CNC(=O)CO. The first-order chi connectivity index (χ1) is 17.6. The summed E-state index contributed by atoms with van der Waals surface area (Å²) in [6.45, 7) is 9.53. The molecule has 3 aromatic rings. The van der Waals surface area contributed by atoms with Crippen LogP contribution in [0.5, 0.6) is 5.75 Å². The minimum atomic E-state index is -0.910. The third-order valence-corrected chi connectivity index (χ3v) is 5.98. The zero-order valence-corrected chi connectivity index (χ0v) is 22.4. The molecule has 0 bridgehead atoms. The van der Waals surface area contributed by atoms with Gasteiger partial charge in [-0.3, -0.25) is 4.79 Å². The van der Waals surface area contributed by atoms with E-state index >= 15 is 0 Å². The second-order valence-electron chi connectivity index (χ2n) is 9.44. The van der Waals surface area contributed by atoms with E-state index < -0.39 is 18.6 Å². The van der Waals surface area contributed by atoms with Crippen LogP contribution in [0.15, 0.2) is 28.8 Å². The molecule has 10 heteroatoms. The van der Waals surface area contributed by atoms with E-state index in [2.05, 4.69) is 46.1 Å². The highest BCUT2D eigenvalue weighted by atomic mass is 16.5. The molecule has 2 heterocycles. The van der Waals surface area contributed by atoms with E-state index in [1.54, 1.807) is 0 Å². The molecule has 0 spiro atoms. The molecule has 0 saturated heterocycles. The summed E-state index contributed by atoms with van der Waals surface area (Å²) in [6, 6.07) is 8.08. The van der Waals surface area contributed by atoms with Gasteiger partial charge in [0.1, 0.15) is 30.9 Å². The van der Waals surface area contributed by atoms with Gasteiger partial charge in [-0.15, -0.1) is 0 Å². The number of aliphatic hydroxyl groups is 2. The monoisotopic (exact) mass is 511 g/mol. The Kier molecular flexibility index (Phi) is 9.60. The molecule has 1 amide bonds. The van der Waals surface area contributed by atoms with Gasteiger partial charge >= 0.3 is 0 Å². The first-order valence-corrected chi connectivity index (χ1v) is 12.5. The van der Waals surface area contributed by atoms with Crippen LogP contribution in [0, 0.1) is 13.8 Å². The van der Waals surface area contributed by atoms with Crippen LogP contribution in [0.25, 0.3) is 22.8 Å². The lowest BCUT2D eigenvalue weighted by Gasteiger charge is -2.23. The Hall–Kier alpha value is -3.50. The summed E-state index contributed by atoms with van der Waals surface area (Å²) in [4.78, 5) is 22.6. The van der Waals surface area contributed by atoms with Gasteiger partial charge in [0.05, 0.1) is 0 Å². The number of pyridine rings is 1. The molecule has 3 rings (SSSR count). The number of benzene rings is 1. The fourth-order valence-electron chi connectivity index (χ4n) is 3.84. The molecule has 2 aromatic heterocycles. The van der Waals surface area contributed by atoms with Gasteiger partial charge < -0.3 is 29.7 Å². The summed E-state index contributed by atoms with van der Waals surface area (Å²) >= 11 is 0. The summed E-state index contributed by atoms with van der Waals surface area (Å²) in [5, 5.41) is 25.6. The largest absolute Gasteiger partial charge is 0.490 e. The van der Waals surface area contributed by atoms with Crippen LogP contribution >= 0.6 is 0 Å². The number of rotatable bonds is 12. The maximum absolute atomic E-state index is 11.2. The van der Waals surface area contributed by atoms with Crippen LogP contribution in [0.2, 0.25) is 0 Å². The van der Waals surface area contributed by atoms with E-state index in [1.807, 2.05) is 45.2 Å². The summed E-state index contributed by atoms with van der Waals surface area (Å²) in [5.74, 6) is 1.87. The van der Waals surface area contributed by atoms with Crippen molar-refractivity contribution in [3.05, 3.63) is 41.1 Å². The van der Waals surface area contributed by atoms with Crippen molar-refractivity contribution in [2.75, 3.05) is 31.7 Å². The lowest BCUT2D eigenvalue weighted by molar-refractivity contribution is -0.124. The number of nitrogens with one attached hydrogen (secondary N) is 1. The smallest absolute Gasteiger partial charge is 0.258 e. The molecule has 0 aliphatic heterocycles. The summed E-state index contributed by atoms with van der Waals surface area (Å²) in [5.41, 5.74) is 4.32. The van der Waals surface area contributed by atoms with Gasteiger partial charge in [-0.25, -0.2) is 4.98 Å². The number of anilines is 1. The molecule has 0 fully saturated rings. The van der Waals surface area contributed by atoms with Crippen molar-refractivity contribution in [1.82, 2.24) is 20.4 Å². The Bertz CT molecular complexity index is 1210. The van der Waals surface area contributed by atoms with Crippen LogP contribution < -0.4 is 15.0 Å². The first-order valence-electron chi connectivity index (χ1n) is 12.5. The molecule has 0 radical (unpaired) electrons. The highest BCUT2D eigenvalue weighted by Gasteiger charge is 2.18. The fourth-order valence-corrected chi connectivity index (χ4v) is 3.84. The number of nitrogens with zero attached hydrogens (tertiary/aromatic N) is 4. The average molecular weight is 512 g/mol. The van der Waals surface area contributed by atoms with E-state index in [-0.39, 0.29) is 13.2 Å². The van der Waals surface area contributed by atoms with Crippen molar-refractivity contribution >= 4 is 11.7 Å². The fraction of sp³-hybridized carbons (Fsp3) is 0.481. The lowest BCUT2D eigenvalue weighted by atomic mass is 10.0. The topological polar surface area (TPSA) is 134 Å². The molecular weight excluding hydrogens is 474 g/mol. The van der Waals surface area contributed by atoms with Gasteiger partial charge in [0.2, 0.25) is 11.7 Å². The summed E-state index contributed by atoms with van der Waals surface area (Å²) in [6.07, 6.45) is 0.752. The molecule has 1 unspecified atom stereocenters. The van der Waals surface area contributed by atoms with E-state index in [4.69, 9.17) is 14.4 Å². The van der Waals surface area contributed by atoms with E-state index in [9.17, 15) is 9.90 Å². The second-order valence-corrected chi connectivity index (χ2v) is 9.44. The highest BCUT2D eigenvalue weighted by molar-refractivity contribution is 5.76. The maximum Gasteiger partial charge on any atom is 0.258 e. The molecular formula is C27H37N5O5. The molecule has 200 valence electrons. The number of aromatic nitrogens is 3. The predicted octanol–water partition coefficient (Wildman–Crippen LogP) is 3.06. The van der Waals surface area contributed by atoms with Crippen LogP contribution in [0.4, 0.5) is 5.82 Å². The summed E-state index contributed by atoms with van der Waals surface area (Å²) < 4.78 is 11.6. The first kappa shape index (κ1) is 28.1. The van der Waals surface area contributed by atoms with Crippen molar-refractivity contribution in [2.24, 2.45) is 0 Å². The van der Waals surface area contributed by atoms with Crippen LogP contribution in [-0.4, -0.2) is 70.2 Å². The Labute approximate surface area is 217 Å². The molecule has 1 aromatic carbocycles. The van der Waals surface area contributed by atoms with Gasteiger partial charge in [-0.1, -0.05) is 18.5 Å². The quantitative estimate of drug-likeness (QED) is 0.335. The molecule has 3 N–H and O–H groups in total. The van der Waals surface area contributed by atoms with Gasteiger partial charge in [0, 0.05) is 36.5 Å². The van der Waals surface area contributed by atoms with Crippen LogP contribution in [0.3, 0.4) is 0 Å². The van der Waals surface area contributed by atoms with Crippen molar-refractivity contribution in [2.45, 2.75) is 59.6 Å². The number of carbonyl (C=O) groups excluding carboxylic acids is 1. The zero-order chi connectivity index (χ0) is 27.1. The molecule has 37 heavy (non-hydrogen) atoms. The molecule has 10 nitrogen and oxygen atoms in total. The van der Waals surface area contributed by atoms with E-state index in [0.717, 1.165) is 46.6 Å². The highest BCUT2D eigenvalue weighted by Crippen LogP contribution is 2.32. The van der Waals surface area contributed by atoms with Crippen LogP contribution in [-0.2, 0) is 11.2 Å². The van der Waals surface area contributed by atoms with Gasteiger partial charge in [0.25, 0.3) is 5.89 Å². The number of aryl methyl sites for hydroxylation is 3. The Morgan fingerprint density at radius 3 is 2.59 bits per heavy atom. The van der Waals surface area contributed by atoms with Gasteiger partial charge in [0.15, 0.2) is 0 Å². The Balaban J connectivity index is 1.84. The summed E-state index contributed by atoms with van der Waals surface area (Å²) in [7, 11) is 2.00. The lowest BCUT2D eigenvalue weighted by Crippen LogP contribution is -2.36. The van der Waals surface area contributed by atoms with Crippen molar-refractivity contribution < 1.29 is 24.3 Å².